The van der Waals surface area contributed by atoms with E-state index >= 15 is 0 Å². The minimum atomic E-state index is -1.04. The molecular formula is C13H14NO2-. The third kappa shape index (κ3) is 1.69. The van der Waals surface area contributed by atoms with Crippen LogP contribution < -0.4 is 5.11 Å². The van der Waals surface area contributed by atoms with Gasteiger partial charge in [0, 0.05) is 29.0 Å². The van der Waals surface area contributed by atoms with Crippen molar-refractivity contribution in [2.24, 2.45) is 0 Å². The molecule has 1 aromatic heterocycles. The maximum atomic E-state index is 10.7. The predicted octanol–water partition coefficient (Wildman–Crippen LogP) is 1.39. The van der Waals surface area contributed by atoms with Gasteiger partial charge >= 0.3 is 0 Å². The Morgan fingerprint density at radius 3 is 2.62 bits per heavy atom. The van der Waals surface area contributed by atoms with Crippen molar-refractivity contribution in [1.82, 2.24) is 4.98 Å². The SMILES string of the molecule is Cc1cc(C)c2c(CC(=O)[O-])c(C)[nH]c2c1. The zero-order valence-corrected chi connectivity index (χ0v) is 9.68. The number of aliphatic carboxylic acids is 1. The molecule has 3 nitrogen and oxygen atoms in total. The van der Waals surface area contributed by atoms with Crippen LogP contribution in [-0.2, 0) is 11.2 Å². The van der Waals surface area contributed by atoms with Crippen molar-refractivity contribution in [3.05, 3.63) is 34.5 Å². The second kappa shape index (κ2) is 3.67. The number of benzene rings is 1. The molecule has 0 spiro atoms. The van der Waals surface area contributed by atoms with Gasteiger partial charge in [0.15, 0.2) is 0 Å². The highest BCUT2D eigenvalue weighted by molar-refractivity contribution is 5.91. The smallest absolute Gasteiger partial charge is 0.0464 e. The third-order valence-electron chi connectivity index (χ3n) is 2.88. The number of carboxylic acids is 1. The topological polar surface area (TPSA) is 55.9 Å². The largest absolute Gasteiger partial charge is 0.550 e. The number of hydrogen-bond acceptors (Lipinski definition) is 2. The van der Waals surface area contributed by atoms with E-state index in [1.165, 1.54) is 5.56 Å². The molecule has 0 bridgehead atoms. The van der Waals surface area contributed by atoms with E-state index in [1.807, 2.05) is 26.8 Å². The molecule has 3 heteroatoms. The Morgan fingerprint density at radius 2 is 2.00 bits per heavy atom. The van der Waals surface area contributed by atoms with Crippen LogP contribution in [-0.4, -0.2) is 11.0 Å². The lowest BCUT2D eigenvalue weighted by molar-refractivity contribution is -0.304. The summed E-state index contributed by atoms with van der Waals surface area (Å²) in [5, 5.41) is 11.7. The van der Waals surface area contributed by atoms with Crippen LogP contribution in [0.1, 0.15) is 22.4 Å². The van der Waals surface area contributed by atoms with E-state index in [-0.39, 0.29) is 6.42 Å². The minimum absolute atomic E-state index is 0.0320. The second-order valence-corrected chi connectivity index (χ2v) is 4.28. The number of carboxylic acid groups (broad SMARTS) is 1. The Bertz CT molecular complexity index is 567. The van der Waals surface area contributed by atoms with E-state index in [1.54, 1.807) is 0 Å². The van der Waals surface area contributed by atoms with Gasteiger partial charge in [0.2, 0.25) is 0 Å². The molecule has 0 saturated carbocycles. The van der Waals surface area contributed by atoms with E-state index in [0.717, 1.165) is 27.7 Å². The Kier molecular flexibility index (Phi) is 2.46. The van der Waals surface area contributed by atoms with Crippen LogP contribution in [0.2, 0.25) is 0 Å². The lowest BCUT2D eigenvalue weighted by Gasteiger charge is -2.05. The van der Waals surface area contributed by atoms with Crippen molar-refractivity contribution in [2.75, 3.05) is 0 Å². The molecule has 1 aromatic carbocycles. The molecule has 0 aliphatic heterocycles. The molecule has 0 atom stereocenters. The van der Waals surface area contributed by atoms with Crippen LogP contribution in [0, 0.1) is 20.8 Å². The first-order valence-corrected chi connectivity index (χ1v) is 5.27. The maximum absolute atomic E-state index is 10.7. The molecule has 0 aliphatic rings. The van der Waals surface area contributed by atoms with E-state index in [2.05, 4.69) is 11.1 Å². The van der Waals surface area contributed by atoms with Gasteiger partial charge in [-0.2, -0.15) is 0 Å². The van der Waals surface area contributed by atoms with Crippen LogP contribution in [0.25, 0.3) is 10.9 Å². The number of carbonyl (C=O) groups is 1. The van der Waals surface area contributed by atoms with Gasteiger partial charge in [-0.25, -0.2) is 0 Å². The molecule has 84 valence electrons. The number of fused-ring (bicyclic) bond motifs is 1. The maximum Gasteiger partial charge on any atom is 0.0464 e. The van der Waals surface area contributed by atoms with Crippen LogP contribution in [0.4, 0.5) is 0 Å². The predicted molar refractivity (Wildman–Crippen MR) is 61.2 cm³/mol. The summed E-state index contributed by atoms with van der Waals surface area (Å²) >= 11 is 0. The highest BCUT2D eigenvalue weighted by atomic mass is 16.4. The van der Waals surface area contributed by atoms with Gasteiger partial charge in [-0.05, 0) is 43.5 Å². The van der Waals surface area contributed by atoms with Crippen LogP contribution in [0.15, 0.2) is 12.1 Å². The van der Waals surface area contributed by atoms with Crippen LogP contribution in [0.5, 0.6) is 0 Å². The summed E-state index contributed by atoms with van der Waals surface area (Å²) < 4.78 is 0. The average molecular weight is 216 g/mol. The average Bonchev–Trinajstić information content (AvgIpc) is 2.41. The summed E-state index contributed by atoms with van der Waals surface area (Å²) in [4.78, 5) is 13.9. The number of rotatable bonds is 2. The summed E-state index contributed by atoms with van der Waals surface area (Å²) in [5.41, 5.74) is 5.04. The molecule has 0 unspecified atom stereocenters. The molecule has 0 fully saturated rings. The van der Waals surface area contributed by atoms with Crippen molar-refractivity contribution >= 4 is 16.9 Å². The van der Waals surface area contributed by atoms with Crippen molar-refractivity contribution in [1.29, 1.82) is 0 Å². The number of nitrogens with one attached hydrogen (secondary N) is 1. The molecule has 0 amide bonds. The number of aromatic nitrogens is 1. The van der Waals surface area contributed by atoms with Crippen LogP contribution >= 0.6 is 0 Å². The number of aromatic amines is 1. The fourth-order valence-electron chi connectivity index (χ4n) is 2.30. The van der Waals surface area contributed by atoms with Crippen molar-refractivity contribution in [3.63, 3.8) is 0 Å². The fraction of sp³-hybridized carbons (Fsp3) is 0.308. The second-order valence-electron chi connectivity index (χ2n) is 4.28. The number of hydrogen-bond donors (Lipinski definition) is 1. The Hall–Kier alpha value is -1.77. The first-order chi connectivity index (χ1) is 7.49. The Balaban J connectivity index is 2.73. The van der Waals surface area contributed by atoms with Crippen molar-refractivity contribution in [2.45, 2.75) is 27.2 Å². The van der Waals surface area contributed by atoms with Gasteiger partial charge in [-0.1, -0.05) is 6.07 Å². The summed E-state index contributed by atoms with van der Waals surface area (Å²) in [6.07, 6.45) is -0.0320. The molecule has 1 heterocycles. The minimum Gasteiger partial charge on any atom is -0.550 e. The lowest BCUT2D eigenvalue weighted by atomic mass is 10.0. The molecular weight excluding hydrogens is 202 g/mol. The summed E-state index contributed by atoms with van der Waals surface area (Å²) in [7, 11) is 0. The van der Waals surface area contributed by atoms with Gasteiger partial charge < -0.3 is 14.9 Å². The van der Waals surface area contributed by atoms with Crippen molar-refractivity contribution < 1.29 is 9.90 Å². The summed E-state index contributed by atoms with van der Waals surface area (Å²) in [5.74, 6) is -1.04. The first kappa shape index (κ1) is 10.7. The molecule has 2 aromatic rings. The van der Waals surface area contributed by atoms with Gasteiger partial charge in [0.25, 0.3) is 0 Å². The first-order valence-electron chi connectivity index (χ1n) is 5.27. The third-order valence-corrected chi connectivity index (χ3v) is 2.88. The lowest BCUT2D eigenvalue weighted by Crippen LogP contribution is -2.24. The Morgan fingerprint density at radius 1 is 1.31 bits per heavy atom. The normalized spacial score (nSPS) is 10.9. The monoisotopic (exact) mass is 216 g/mol. The molecule has 1 N–H and O–H groups in total. The molecule has 2 rings (SSSR count). The zero-order valence-electron chi connectivity index (χ0n) is 9.68. The molecule has 0 saturated heterocycles. The Labute approximate surface area is 94.1 Å². The van der Waals surface area contributed by atoms with E-state index in [4.69, 9.17) is 0 Å². The molecule has 0 radical (unpaired) electrons. The van der Waals surface area contributed by atoms with Crippen LogP contribution in [0.3, 0.4) is 0 Å². The molecule has 0 aliphatic carbocycles. The summed E-state index contributed by atoms with van der Waals surface area (Å²) in [6, 6.07) is 4.10. The van der Waals surface area contributed by atoms with Crippen molar-refractivity contribution in [3.8, 4) is 0 Å². The number of H-pyrrole nitrogens is 1. The van der Waals surface area contributed by atoms with Gasteiger partial charge in [-0.15, -0.1) is 0 Å². The highest BCUT2D eigenvalue weighted by Crippen LogP contribution is 2.26. The highest BCUT2D eigenvalue weighted by Gasteiger charge is 2.11. The number of aryl methyl sites for hydroxylation is 3. The number of carbonyl (C=O) groups excluding carboxylic acids is 1. The van der Waals surface area contributed by atoms with Gasteiger partial charge in [0.05, 0.1) is 0 Å². The molecule has 16 heavy (non-hydrogen) atoms. The fourth-order valence-corrected chi connectivity index (χ4v) is 2.30. The van der Waals surface area contributed by atoms with E-state index in [0.29, 0.717) is 0 Å². The van der Waals surface area contributed by atoms with Gasteiger partial charge in [0.1, 0.15) is 0 Å². The summed E-state index contributed by atoms with van der Waals surface area (Å²) in [6.45, 7) is 5.93. The quantitative estimate of drug-likeness (QED) is 0.824. The van der Waals surface area contributed by atoms with Gasteiger partial charge in [-0.3, -0.25) is 0 Å². The zero-order chi connectivity index (χ0) is 11.9. The van der Waals surface area contributed by atoms with E-state index in [9.17, 15) is 9.90 Å². The standard InChI is InChI=1S/C13H15NO2/c1-7-4-8(2)13-10(6-12(15)16)9(3)14-11(13)5-7/h4-5,14H,6H2,1-3H3,(H,15,16)/p-1. The van der Waals surface area contributed by atoms with E-state index < -0.39 is 5.97 Å².